The fourth-order valence-corrected chi connectivity index (χ4v) is 1.73. The highest BCUT2D eigenvalue weighted by molar-refractivity contribution is 7.07. The average molecular weight is 227 g/mol. The third-order valence-corrected chi connectivity index (χ3v) is 2.90. The molecule has 1 amide bonds. The van der Waals surface area contributed by atoms with Crippen LogP contribution in [-0.4, -0.2) is 28.9 Å². The largest absolute Gasteiger partial charge is 0.338 e. The number of thiazole rings is 1. The van der Waals surface area contributed by atoms with E-state index in [1.807, 2.05) is 19.2 Å². The predicted octanol–water partition coefficient (Wildman–Crippen LogP) is 1.08. The Morgan fingerprint density at radius 2 is 2.33 bits per heavy atom. The highest BCUT2D eigenvalue weighted by Crippen LogP contribution is 2.07. The summed E-state index contributed by atoms with van der Waals surface area (Å²) in [7, 11) is 1.75. The van der Waals surface area contributed by atoms with E-state index in [0.717, 1.165) is 5.69 Å². The number of nitrogens with zero attached hydrogens (tertiary/aromatic N) is 2. The predicted molar refractivity (Wildman–Crippen MR) is 61.4 cm³/mol. The first-order valence-electron chi connectivity index (χ1n) is 4.90. The number of amides is 1. The molecule has 0 saturated heterocycles. The lowest BCUT2D eigenvalue weighted by molar-refractivity contribution is -0.132. The van der Waals surface area contributed by atoms with Gasteiger partial charge in [-0.3, -0.25) is 4.79 Å². The van der Waals surface area contributed by atoms with Crippen LogP contribution in [-0.2, 0) is 11.3 Å². The van der Waals surface area contributed by atoms with Crippen molar-refractivity contribution in [3.05, 3.63) is 16.6 Å². The van der Waals surface area contributed by atoms with E-state index in [2.05, 4.69) is 4.98 Å². The fraction of sp³-hybridized carbons (Fsp3) is 0.600. The molecule has 1 atom stereocenters. The van der Waals surface area contributed by atoms with Crippen LogP contribution in [0, 0.1) is 5.92 Å². The van der Waals surface area contributed by atoms with E-state index in [0.29, 0.717) is 6.54 Å². The Morgan fingerprint density at radius 3 is 2.80 bits per heavy atom. The molecule has 1 heterocycles. The summed E-state index contributed by atoms with van der Waals surface area (Å²) in [5, 5.41) is 1.94. The van der Waals surface area contributed by atoms with Crippen molar-refractivity contribution in [1.29, 1.82) is 0 Å². The van der Waals surface area contributed by atoms with Gasteiger partial charge in [0.15, 0.2) is 0 Å². The van der Waals surface area contributed by atoms with E-state index >= 15 is 0 Å². The zero-order valence-electron chi connectivity index (χ0n) is 9.30. The van der Waals surface area contributed by atoms with Crippen molar-refractivity contribution >= 4 is 17.2 Å². The minimum absolute atomic E-state index is 0.0296. The summed E-state index contributed by atoms with van der Waals surface area (Å²) in [6.45, 7) is 4.42. The molecule has 0 spiro atoms. The second-order valence-corrected chi connectivity index (χ2v) is 4.66. The molecule has 0 fully saturated rings. The quantitative estimate of drug-likeness (QED) is 0.837. The first-order valence-corrected chi connectivity index (χ1v) is 5.84. The van der Waals surface area contributed by atoms with Crippen LogP contribution in [0.5, 0.6) is 0 Å². The smallest absolute Gasteiger partial charge is 0.239 e. The Morgan fingerprint density at radius 1 is 1.67 bits per heavy atom. The van der Waals surface area contributed by atoms with Crippen LogP contribution in [0.2, 0.25) is 0 Å². The summed E-state index contributed by atoms with van der Waals surface area (Å²) in [5.74, 6) is 0.133. The van der Waals surface area contributed by atoms with Crippen molar-refractivity contribution in [3.8, 4) is 0 Å². The van der Waals surface area contributed by atoms with Gasteiger partial charge in [-0.25, -0.2) is 4.98 Å². The lowest BCUT2D eigenvalue weighted by Gasteiger charge is -2.22. The summed E-state index contributed by atoms with van der Waals surface area (Å²) >= 11 is 1.53. The molecule has 0 saturated carbocycles. The molecule has 0 aliphatic carbocycles. The van der Waals surface area contributed by atoms with Crippen LogP contribution in [0.1, 0.15) is 19.5 Å². The van der Waals surface area contributed by atoms with Crippen molar-refractivity contribution in [2.24, 2.45) is 11.7 Å². The van der Waals surface area contributed by atoms with Gasteiger partial charge in [0.25, 0.3) is 0 Å². The van der Waals surface area contributed by atoms with E-state index in [1.54, 1.807) is 17.5 Å². The molecule has 0 unspecified atom stereocenters. The summed E-state index contributed by atoms with van der Waals surface area (Å²) < 4.78 is 0. The molecule has 4 nitrogen and oxygen atoms in total. The van der Waals surface area contributed by atoms with Gasteiger partial charge >= 0.3 is 0 Å². The summed E-state index contributed by atoms with van der Waals surface area (Å²) in [4.78, 5) is 17.5. The molecule has 0 radical (unpaired) electrons. The van der Waals surface area contributed by atoms with Crippen molar-refractivity contribution in [2.75, 3.05) is 7.05 Å². The van der Waals surface area contributed by atoms with Gasteiger partial charge in [0, 0.05) is 12.4 Å². The molecule has 0 bridgehead atoms. The van der Waals surface area contributed by atoms with Gasteiger partial charge in [-0.2, -0.15) is 0 Å². The maximum atomic E-state index is 11.8. The number of carbonyl (C=O) groups excluding carboxylic acids is 1. The molecule has 1 aromatic heterocycles. The number of carbonyl (C=O) groups is 1. The Bertz CT molecular complexity index is 310. The van der Waals surface area contributed by atoms with E-state index in [4.69, 9.17) is 5.73 Å². The van der Waals surface area contributed by atoms with Crippen LogP contribution >= 0.6 is 11.3 Å². The summed E-state index contributed by atoms with van der Waals surface area (Å²) in [5.41, 5.74) is 8.45. The van der Waals surface area contributed by atoms with Crippen LogP contribution in [0.3, 0.4) is 0 Å². The number of hydrogen-bond donors (Lipinski definition) is 1. The molecule has 0 aliphatic rings. The first kappa shape index (κ1) is 12.1. The zero-order valence-corrected chi connectivity index (χ0v) is 10.1. The average Bonchev–Trinajstić information content (AvgIpc) is 2.67. The minimum atomic E-state index is -0.423. The minimum Gasteiger partial charge on any atom is -0.338 e. The maximum Gasteiger partial charge on any atom is 0.239 e. The molecule has 15 heavy (non-hydrogen) atoms. The Balaban J connectivity index is 2.54. The van der Waals surface area contributed by atoms with E-state index < -0.39 is 6.04 Å². The summed E-state index contributed by atoms with van der Waals surface area (Å²) in [6.07, 6.45) is 0. The SMILES string of the molecule is CC(C)[C@H](N)C(=O)N(C)Cc1cscn1. The topological polar surface area (TPSA) is 59.2 Å². The van der Waals surface area contributed by atoms with Crippen molar-refractivity contribution in [3.63, 3.8) is 0 Å². The van der Waals surface area contributed by atoms with Gasteiger partial charge < -0.3 is 10.6 Å². The number of likely N-dealkylation sites (N-methyl/N-ethyl adjacent to an activating group) is 1. The monoisotopic (exact) mass is 227 g/mol. The van der Waals surface area contributed by atoms with Crippen LogP contribution in [0.15, 0.2) is 10.9 Å². The molecule has 0 aromatic carbocycles. The highest BCUT2D eigenvalue weighted by Gasteiger charge is 2.21. The van der Waals surface area contributed by atoms with Gasteiger partial charge in [-0.1, -0.05) is 13.8 Å². The molecular weight excluding hydrogens is 210 g/mol. The molecule has 1 rings (SSSR count). The van der Waals surface area contributed by atoms with Crippen molar-refractivity contribution in [2.45, 2.75) is 26.4 Å². The molecule has 0 aliphatic heterocycles. The molecule has 84 valence electrons. The third-order valence-electron chi connectivity index (χ3n) is 2.26. The van der Waals surface area contributed by atoms with Gasteiger partial charge in [-0.15, -0.1) is 11.3 Å². The van der Waals surface area contributed by atoms with Crippen molar-refractivity contribution in [1.82, 2.24) is 9.88 Å². The molecule has 5 heteroatoms. The van der Waals surface area contributed by atoms with Gasteiger partial charge in [-0.05, 0) is 5.92 Å². The van der Waals surface area contributed by atoms with Crippen LogP contribution in [0.4, 0.5) is 0 Å². The second-order valence-electron chi connectivity index (χ2n) is 3.94. The van der Waals surface area contributed by atoms with E-state index in [1.165, 1.54) is 11.3 Å². The standard InChI is InChI=1S/C10H17N3OS/c1-7(2)9(11)10(14)13(3)4-8-5-15-6-12-8/h5-7,9H,4,11H2,1-3H3/t9-/m0/s1. The summed E-state index contributed by atoms with van der Waals surface area (Å²) in [6, 6.07) is -0.423. The Labute approximate surface area is 94.1 Å². The van der Waals surface area contributed by atoms with Gasteiger partial charge in [0.1, 0.15) is 0 Å². The Kier molecular flexibility index (Phi) is 4.23. The fourth-order valence-electron chi connectivity index (χ4n) is 1.18. The lowest BCUT2D eigenvalue weighted by atomic mass is 10.0. The highest BCUT2D eigenvalue weighted by atomic mass is 32.1. The third kappa shape index (κ3) is 3.28. The number of aromatic nitrogens is 1. The molecule has 1 aromatic rings. The lowest BCUT2D eigenvalue weighted by Crippen LogP contribution is -2.44. The van der Waals surface area contributed by atoms with E-state index in [-0.39, 0.29) is 11.8 Å². The second kappa shape index (κ2) is 5.23. The zero-order chi connectivity index (χ0) is 11.4. The normalized spacial score (nSPS) is 12.9. The first-order chi connectivity index (χ1) is 7.02. The van der Waals surface area contributed by atoms with Gasteiger partial charge in [0.2, 0.25) is 5.91 Å². The molecular formula is C10H17N3OS. The van der Waals surface area contributed by atoms with Crippen LogP contribution in [0.25, 0.3) is 0 Å². The Hall–Kier alpha value is -0.940. The van der Waals surface area contributed by atoms with Gasteiger partial charge in [0.05, 0.1) is 23.8 Å². The number of nitrogens with two attached hydrogens (primary N) is 1. The van der Waals surface area contributed by atoms with Crippen LogP contribution < -0.4 is 5.73 Å². The maximum absolute atomic E-state index is 11.8. The molecule has 2 N–H and O–H groups in total. The number of rotatable bonds is 4. The number of hydrogen-bond acceptors (Lipinski definition) is 4. The van der Waals surface area contributed by atoms with Crippen molar-refractivity contribution < 1.29 is 4.79 Å². The van der Waals surface area contributed by atoms with E-state index in [9.17, 15) is 4.79 Å².